The number of rotatable bonds is 4. The Kier molecular flexibility index (Phi) is 4.27. The summed E-state index contributed by atoms with van der Waals surface area (Å²) in [6.45, 7) is 10.9. The van der Waals surface area contributed by atoms with Gasteiger partial charge in [-0.15, -0.1) is 0 Å². The van der Waals surface area contributed by atoms with Crippen LogP contribution in [0.3, 0.4) is 0 Å². The second-order valence-corrected chi connectivity index (χ2v) is 6.18. The quantitative estimate of drug-likeness (QED) is 0.937. The molecule has 2 heterocycles. The summed E-state index contributed by atoms with van der Waals surface area (Å²) in [6, 6.07) is 0. The molecule has 2 aromatic heterocycles. The van der Waals surface area contributed by atoms with E-state index in [-0.39, 0.29) is 5.54 Å². The van der Waals surface area contributed by atoms with Gasteiger partial charge in [-0.1, -0.05) is 0 Å². The highest BCUT2D eigenvalue weighted by molar-refractivity contribution is 5.34. The summed E-state index contributed by atoms with van der Waals surface area (Å²) in [7, 11) is 1.89. The predicted octanol–water partition coefficient (Wildman–Crippen LogP) is 2.51. The molecule has 6 heteroatoms. The molecule has 0 aromatic carbocycles. The first kappa shape index (κ1) is 15.4. The van der Waals surface area contributed by atoms with Gasteiger partial charge in [0.15, 0.2) is 5.75 Å². The standard InChI is InChI=1S/C15H23N5O/c1-10-14(11(2)20(6)19-10)21-13-9-16-7-12(18-13)8-17-15(3,4)5/h7,9,17H,8H2,1-6H3. The zero-order valence-corrected chi connectivity index (χ0v) is 13.6. The topological polar surface area (TPSA) is 64.9 Å². The van der Waals surface area contributed by atoms with Crippen molar-refractivity contribution in [1.29, 1.82) is 0 Å². The molecule has 0 unspecified atom stereocenters. The van der Waals surface area contributed by atoms with Crippen LogP contribution < -0.4 is 10.1 Å². The monoisotopic (exact) mass is 289 g/mol. The second-order valence-electron chi connectivity index (χ2n) is 6.18. The van der Waals surface area contributed by atoms with Crippen LogP contribution >= 0.6 is 0 Å². The molecule has 0 aliphatic heterocycles. The van der Waals surface area contributed by atoms with E-state index >= 15 is 0 Å². The Morgan fingerprint density at radius 2 is 1.95 bits per heavy atom. The van der Waals surface area contributed by atoms with Crippen LogP contribution in [0.4, 0.5) is 0 Å². The van der Waals surface area contributed by atoms with Crippen LogP contribution in [0.5, 0.6) is 11.6 Å². The summed E-state index contributed by atoms with van der Waals surface area (Å²) >= 11 is 0. The maximum absolute atomic E-state index is 5.85. The smallest absolute Gasteiger partial charge is 0.238 e. The lowest BCUT2D eigenvalue weighted by Gasteiger charge is -2.20. The van der Waals surface area contributed by atoms with Gasteiger partial charge in [-0.05, 0) is 34.6 Å². The average molecular weight is 289 g/mol. The van der Waals surface area contributed by atoms with Crippen molar-refractivity contribution in [1.82, 2.24) is 25.1 Å². The Hall–Kier alpha value is -1.95. The van der Waals surface area contributed by atoms with E-state index in [0.29, 0.717) is 12.4 Å². The van der Waals surface area contributed by atoms with Gasteiger partial charge in [0, 0.05) is 25.3 Å². The minimum absolute atomic E-state index is 0.0368. The van der Waals surface area contributed by atoms with Gasteiger partial charge >= 0.3 is 0 Å². The molecule has 2 aromatic rings. The van der Waals surface area contributed by atoms with Crippen LogP contribution in [0.15, 0.2) is 12.4 Å². The Labute approximate surface area is 125 Å². The van der Waals surface area contributed by atoms with Crippen molar-refractivity contribution in [3.05, 3.63) is 29.5 Å². The molecule has 0 atom stereocenters. The van der Waals surface area contributed by atoms with Gasteiger partial charge in [-0.25, -0.2) is 4.98 Å². The molecular weight excluding hydrogens is 266 g/mol. The van der Waals surface area contributed by atoms with Crippen LogP contribution in [-0.2, 0) is 13.6 Å². The third kappa shape index (κ3) is 4.01. The number of nitrogens with zero attached hydrogens (tertiary/aromatic N) is 4. The second kappa shape index (κ2) is 5.81. The van der Waals surface area contributed by atoms with Crippen LogP contribution in [-0.4, -0.2) is 25.3 Å². The van der Waals surface area contributed by atoms with Gasteiger partial charge in [-0.2, -0.15) is 5.10 Å². The number of hydrogen-bond donors (Lipinski definition) is 1. The summed E-state index contributed by atoms with van der Waals surface area (Å²) in [5.74, 6) is 1.23. The average Bonchev–Trinajstić information content (AvgIpc) is 2.63. The van der Waals surface area contributed by atoms with Crippen molar-refractivity contribution in [2.24, 2.45) is 7.05 Å². The van der Waals surface area contributed by atoms with E-state index in [9.17, 15) is 0 Å². The number of nitrogens with one attached hydrogen (secondary N) is 1. The molecule has 2 rings (SSSR count). The van der Waals surface area contributed by atoms with Gasteiger partial charge in [0.1, 0.15) is 5.69 Å². The maximum atomic E-state index is 5.85. The van der Waals surface area contributed by atoms with E-state index in [4.69, 9.17) is 4.74 Å². The van der Waals surface area contributed by atoms with Gasteiger partial charge in [0.05, 0.1) is 17.6 Å². The molecule has 0 fully saturated rings. The fourth-order valence-corrected chi connectivity index (χ4v) is 1.88. The number of aromatic nitrogens is 4. The van der Waals surface area contributed by atoms with Crippen LogP contribution in [0.25, 0.3) is 0 Å². The molecule has 114 valence electrons. The molecule has 0 aliphatic carbocycles. The lowest BCUT2D eigenvalue weighted by Crippen LogP contribution is -2.35. The largest absolute Gasteiger partial charge is 0.434 e. The molecule has 0 amide bonds. The van der Waals surface area contributed by atoms with Crippen molar-refractivity contribution in [3.8, 4) is 11.6 Å². The molecule has 0 radical (unpaired) electrons. The fraction of sp³-hybridized carbons (Fsp3) is 0.533. The van der Waals surface area contributed by atoms with E-state index in [2.05, 4.69) is 41.2 Å². The van der Waals surface area contributed by atoms with E-state index < -0.39 is 0 Å². The summed E-state index contributed by atoms with van der Waals surface area (Å²) in [6.07, 6.45) is 3.36. The minimum atomic E-state index is 0.0368. The Balaban J connectivity index is 2.14. The Bertz CT molecular complexity index is 627. The molecule has 0 aliphatic rings. The molecule has 0 spiro atoms. The first-order valence-corrected chi connectivity index (χ1v) is 7.00. The zero-order chi connectivity index (χ0) is 15.6. The summed E-state index contributed by atoms with van der Waals surface area (Å²) in [5, 5.41) is 7.71. The van der Waals surface area contributed by atoms with Crippen molar-refractivity contribution >= 4 is 0 Å². The zero-order valence-electron chi connectivity index (χ0n) is 13.6. The van der Waals surface area contributed by atoms with E-state index in [1.165, 1.54) is 0 Å². The summed E-state index contributed by atoms with van der Waals surface area (Å²) in [5.41, 5.74) is 2.69. The predicted molar refractivity (Wildman–Crippen MR) is 81.4 cm³/mol. The molecule has 21 heavy (non-hydrogen) atoms. The highest BCUT2D eigenvalue weighted by atomic mass is 16.5. The molecule has 0 saturated heterocycles. The lowest BCUT2D eigenvalue weighted by molar-refractivity contribution is 0.413. The highest BCUT2D eigenvalue weighted by Gasteiger charge is 2.13. The fourth-order valence-electron chi connectivity index (χ4n) is 1.88. The van der Waals surface area contributed by atoms with Crippen molar-refractivity contribution in [2.45, 2.75) is 46.7 Å². The van der Waals surface area contributed by atoms with Crippen LogP contribution in [0.2, 0.25) is 0 Å². The number of aryl methyl sites for hydroxylation is 2. The molecular formula is C15H23N5O. The number of hydrogen-bond acceptors (Lipinski definition) is 5. The normalized spacial score (nSPS) is 11.7. The SMILES string of the molecule is Cc1nn(C)c(C)c1Oc1cncc(CNC(C)(C)C)n1. The minimum Gasteiger partial charge on any atom is -0.434 e. The first-order chi connectivity index (χ1) is 9.76. The Morgan fingerprint density at radius 1 is 1.24 bits per heavy atom. The first-order valence-electron chi connectivity index (χ1n) is 7.00. The third-order valence-corrected chi connectivity index (χ3v) is 3.11. The van der Waals surface area contributed by atoms with E-state index in [1.54, 1.807) is 17.1 Å². The van der Waals surface area contributed by atoms with Gasteiger partial charge in [0.2, 0.25) is 5.88 Å². The number of ether oxygens (including phenoxy) is 1. The maximum Gasteiger partial charge on any atom is 0.238 e. The van der Waals surface area contributed by atoms with Gasteiger partial charge < -0.3 is 10.1 Å². The summed E-state index contributed by atoms with van der Waals surface area (Å²) in [4.78, 5) is 8.67. The van der Waals surface area contributed by atoms with Crippen LogP contribution in [0.1, 0.15) is 37.9 Å². The van der Waals surface area contributed by atoms with Crippen molar-refractivity contribution in [3.63, 3.8) is 0 Å². The van der Waals surface area contributed by atoms with Crippen molar-refractivity contribution < 1.29 is 4.74 Å². The Morgan fingerprint density at radius 3 is 2.52 bits per heavy atom. The van der Waals surface area contributed by atoms with Gasteiger partial charge in [0.25, 0.3) is 0 Å². The van der Waals surface area contributed by atoms with E-state index in [0.717, 1.165) is 22.8 Å². The van der Waals surface area contributed by atoms with E-state index in [1.807, 2.05) is 20.9 Å². The molecule has 1 N–H and O–H groups in total. The van der Waals surface area contributed by atoms with Crippen molar-refractivity contribution in [2.75, 3.05) is 0 Å². The highest BCUT2D eigenvalue weighted by Crippen LogP contribution is 2.26. The lowest BCUT2D eigenvalue weighted by atomic mass is 10.1. The molecule has 0 saturated carbocycles. The van der Waals surface area contributed by atoms with Gasteiger partial charge in [-0.3, -0.25) is 9.67 Å². The molecule has 6 nitrogen and oxygen atoms in total. The molecule has 0 bridgehead atoms. The third-order valence-electron chi connectivity index (χ3n) is 3.11. The van der Waals surface area contributed by atoms with Crippen LogP contribution in [0, 0.1) is 13.8 Å². The summed E-state index contributed by atoms with van der Waals surface area (Å²) < 4.78 is 7.64.